The molecular weight excluding hydrogens is 845 g/mol. The van der Waals surface area contributed by atoms with Crippen molar-refractivity contribution in [2.75, 3.05) is 6.79 Å². The van der Waals surface area contributed by atoms with Crippen molar-refractivity contribution < 1.29 is 29.0 Å². The summed E-state index contributed by atoms with van der Waals surface area (Å²) in [6.07, 6.45) is 14.3. The summed E-state index contributed by atoms with van der Waals surface area (Å²) in [6, 6.07) is 29.8. The predicted octanol–water partition coefficient (Wildman–Crippen LogP) is 9.07. The number of hydrogen-bond donors (Lipinski definition) is 5. The minimum Gasteiger partial charge on any atom is -0.465 e. The van der Waals surface area contributed by atoms with Crippen molar-refractivity contribution in [3.63, 3.8) is 0 Å². The number of fused-ring (bicyclic) bond motifs is 4. The number of likely N-dealkylation sites (tertiary alicyclic amines) is 2. The second-order valence-corrected chi connectivity index (χ2v) is 19.1. The Bertz CT molecular complexity index is 2770. The van der Waals surface area contributed by atoms with Gasteiger partial charge in [0.2, 0.25) is 12.3 Å². The Morgan fingerprint density at radius 2 is 1.13 bits per heavy atom. The molecule has 2 saturated carbocycles. The molecule has 5 heterocycles. The number of hydrogen-bond acceptors (Lipinski definition) is 8. The largest absolute Gasteiger partial charge is 0.465 e. The number of carbonyl (C=O) groups excluding carboxylic acids is 2. The number of aromatic amines is 2. The van der Waals surface area contributed by atoms with Gasteiger partial charge in [-0.3, -0.25) is 14.9 Å². The number of carbonyl (C=O) groups is 3. The Morgan fingerprint density at radius 3 is 1.61 bits per heavy atom. The van der Waals surface area contributed by atoms with Crippen LogP contribution in [0.2, 0.25) is 0 Å². The Balaban J connectivity index is 0.780. The van der Waals surface area contributed by atoms with Crippen LogP contribution in [0.25, 0.3) is 22.1 Å². The molecule has 2 aromatic heterocycles. The van der Waals surface area contributed by atoms with Gasteiger partial charge in [-0.15, -0.1) is 0 Å². The molecule has 0 bridgehead atoms. The van der Waals surface area contributed by atoms with Crippen LogP contribution in [0.5, 0.6) is 0 Å². The molecule has 0 radical (unpaired) electrons. The van der Waals surface area contributed by atoms with E-state index >= 15 is 0 Å². The van der Waals surface area contributed by atoms with Crippen molar-refractivity contribution in [1.82, 2.24) is 40.4 Å². The van der Waals surface area contributed by atoms with Crippen LogP contribution in [0, 0.1) is 11.8 Å². The molecule has 4 aromatic carbocycles. The third-order valence-corrected chi connectivity index (χ3v) is 15.1. The molecule has 3 aliphatic heterocycles. The van der Waals surface area contributed by atoms with Crippen LogP contribution in [0.1, 0.15) is 122 Å². The summed E-state index contributed by atoms with van der Waals surface area (Å²) in [5.41, 5.74) is 7.44. The quantitative estimate of drug-likeness (QED) is 0.0708. The number of nitrogens with one attached hydrogen (secondary N) is 4. The lowest BCUT2D eigenvalue weighted by molar-refractivity contribution is -0.335. The summed E-state index contributed by atoms with van der Waals surface area (Å²) in [5.74, 6) is 2.16. The number of imidazole rings is 2. The van der Waals surface area contributed by atoms with E-state index in [1.807, 2.05) is 59.5 Å². The molecule has 14 heteroatoms. The first kappa shape index (κ1) is 43.2. The maximum absolute atomic E-state index is 14.7. The number of allylic oxidation sites excluding steroid dienone is 2. The fourth-order valence-corrected chi connectivity index (χ4v) is 11.9. The van der Waals surface area contributed by atoms with Crippen molar-refractivity contribution in [3.8, 4) is 0 Å². The van der Waals surface area contributed by atoms with Crippen molar-refractivity contribution in [2.24, 2.45) is 11.8 Å². The maximum atomic E-state index is 14.7. The van der Waals surface area contributed by atoms with Gasteiger partial charge in [0.1, 0.15) is 23.7 Å². The molecule has 346 valence electrons. The van der Waals surface area contributed by atoms with Crippen LogP contribution in [0.3, 0.4) is 0 Å². The highest BCUT2D eigenvalue weighted by Crippen LogP contribution is 2.48. The normalized spacial score (nSPS) is 25.0. The van der Waals surface area contributed by atoms with Crippen LogP contribution >= 0.6 is 0 Å². The minimum atomic E-state index is -1.23. The second-order valence-electron chi connectivity index (χ2n) is 19.1. The number of amides is 3. The lowest BCUT2D eigenvalue weighted by atomic mass is 9.84. The van der Waals surface area contributed by atoms with Gasteiger partial charge in [0.05, 0.1) is 34.2 Å². The zero-order valence-electron chi connectivity index (χ0n) is 37.6. The number of H-pyrrole nitrogens is 2. The van der Waals surface area contributed by atoms with E-state index in [9.17, 15) is 19.5 Å². The Morgan fingerprint density at radius 1 is 0.657 bits per heavy atom. The second kappa shape index (κ2) is 18.7. The fourth-order valence-electron chi connectivity index (χ4n) is 11.9. The van der Waals surface area contributed by atoms with Gasteiger partial charge in [0.25, 0.3) is 5.91 Å². The van der Waals surface area contributed by atoms with Gasteiger partial charge in [0.15, 0.2) is 6.79 Å². The summed E-state index contributed by atoms with van der Waals surface area (Å²) >= 11 is 0. The first-order valence-electron chi connectivity index (χ1n) is 24.2. The fraction of sp³-hybridized carbons (Fsp3) is 0.415. The summed E-state index contributed by atoms with van der Waals surface area (Å²) in [6.45, 7) is 0.215. The van der Waals surface area contributed by atoms with Crippen LogP contribution in [0.4, 0.5) is 4.79 Å². The first-order chi connectivity index (χ1) is 32.8. The molecule has 8 atom stereocenters. The molecule has 14 nitrogen and oxygen atoms in total. The van der Waals surface area contributed by atoms with Gasteiger partial charge in [-0.1, -0.05) is 111 Å². The molecule has 3 saturated heterocycles. The van der Waals surface area contributed by atoms with Crippen LogP contribution < -0.4 is 10.6 Å². The predicted molar refractivity (Wildman–Crippen MR) is 252 cm³/mol. The summed E-state index contributed by atoms with van der Waals surface area (Å²) in [7, 11) is 0. The number of ether oxygens (including phenoxy) is 2. The molecule has 5 aliphatic rings. The number of nitrogens with zero attached hydrogens (tertiary/aromatic N) is 4. The Labute approximate surface area is 389 Å². The van der Waals surface area contributed by atoms with Gasteiger partial charge in [-0.05, 0) is 110 Å². The molecule has 67 heavy (non-hydrogen) atoms. The lowest BCUT2D eigenvalue weighted by Crippen LogP contribution is -2.52. The Kier molecular flexibility index (Phi) is 12.1. The van der Waals surface area contributed by atoms with Crippen LogP contribution in [-0.4, -0.2) is 78.0 Å². The van der Waals surface area contributed by atoms with Crippen molar-refractivity contribution in [2.45, 2.75) is 120 Å². The zero-order valence-corrected chi connectivity index (χ0v) is 37.6. The van der Waals surface area contributed by atoms with Gasteiger partial charge in [-0.2, -0.15) is 0 Å². The number of benzene rings is 4. The highest BCUT2D eigenvalue weighted by molar-refractivity contribution is 5.88. The monoisotopic (exact) mass is 902 g/mol. The summed E-state index contributed by atoms with van der Waals surface area (Å²) in [4.78, 5) is 62.6. The highest BCUT2D eigenvalue weighted by atomic mass is 16.9. The molecule has 5 fully saturated rings. The molecule has 0 spiro atoms. The van der Waals surface area contributed by atoms with E-state index in [1.165, 1.54) is 12.0 Å². The molecule has 6 aromatic rings. The van der Waals surface area contributed by atoms with E-state index in [2.05, 4.69) is 68.0 Å². The number of rotatable bonds is 13. The Hall–Kier alpha value is -6.35. The molecule has 0 unspecified atom stereocenters. The molecule has 2 aliphatic carbocycles. The van der Waals surface area contributed by atoms with Gasteiger partial charge in [-0.25, -0.2) is 14.8 Å². The molecule has 5 N–H and O–H groups in total. The minimum absolute atomic E-state index is 0.0254. The van der Waals surface area contributed by atoms with Crippen molar-refractivity contribution in [1.29, 1.82) is 0 Å². The third kappa shape index (κ3) is 8.74. The standard InChI is InChI=1S/C53H58N8O6/c62-50(46(58-52(64)65)34-15-3-1-4-16-34)60-42-21-11-9-19-36(42)29-44(60)48-54-38-25-23-32(27-40(38)56-48)13-7-8-14-33-24-26-39-41(28-33)57-49(55-39)45-30-37-20-10-12-22-43(37)61(45)51(63)47(59-53-66-31-67-53)35-17-5-2-6-18-35/h1-8,15-18,23-28,36-37,42-47,53,58-59H,9-14,19-22,29-31H2,(H,54,56)(H,55,57)(H,64,65)/b8-7+/t36-,37-,42-,43-,44+,45+,46-,47-/m1/s1. The zero-order chi connectivity index (χ0) is 45.4. The van der Waals surface area contributed by atoms with E-state index in [0.29, 0.717) is 17.4 Å². The van der Waals surface area contributed by atoms with E-state index in [1.54, 1.807) is 12.1 Å². The highest BCUT2D eigenvalue weighted by Gasteiger charge is 2.50. The maximum Gasteiger partial charge on any atom is 0.405 e. The van der Waals surface area contributed by atoms with E-state index in [4.69, 9.17) is 19.4 Å². The molecule has 11 rings (SSSR count). The van der Waals surface area contributed by atoms with E-state index in [-0.39, 0.29) is 42.8 Å². The smallest absolute Gasteiger partial charge is 0.405 e. The third-order valence-electron chi connectivity index (χ3n) is 15.1. The molecule has 3 amide bonds. The molecular formula is C53H58N8O6. The SMILES string of the molecule is O=C(O)N[C@@H](C(=O)N1[C@@H]2CCCC[C@@H]2C[C@H]1c1nc2ccc(C/C=C/Cc3ccc4nc([C@@H]5C[C@H]6CCCC[C@H]6N5C(=O)[C@H](NC5OCO5)c5ccccc5)[nH]c4c3)cc2[nH]1)c1ccccc1. The van der Waals surface area contributed by atoms with Gasteiger partial charge < -0.3 is 39.7 Å². The number of aromatic nitrogens is 4. The van der Waals surface area contributed by atoms with E-state index in [0.717, 1.165) is 115 Å². The van der Waals surface area contributed by atoms with E-state index < -0.39 is 24.6 Å². The average Bonchev–Trinajstić information content (AvgIpc) is 4.14. The van der Waals surface area contributed by atoms with Gasteiger partial charge >= 0.3 is 6.09 Å². The number of carboxylic acid groups (broad SMARTS) is 1. The first-order valence-corrected chi connectivity index (χ1v) is 24.2. The lowest BCUT2D eigenvalue weighted by Gasteiger charge is -2.38. The average molecular weight is 903 g/mol. The van der Waals surface area contributed by atoms with Crippen molar-refractivity contribution in [3.05, 3.63) is 143 Å². The van der Waals surface area contributed by atoms with Gasteiger partial charge in [0, 0.05) is 12.1 Å². The summed E-state index contributed by atoms with van der Waals surface area (Å²) in [5, 5.41) is 15.6. The summed E-state index contributed by atoms with van der Waals surface area (Å²) < 4.78 is 11.1. The van der Waals surface area contributed by atoms with Crippen LogP contribution in [0.15, 0.2) is 109 Å². The van der Waals surface area contributed by atoms with Crippen molar-refractivity contribution >= 4 is 40.0 Å². The van der Waals surface area contributed by atoms with Crippen LogP contribution in [-0.2, 0) is 31.9 Å². The topological polar surface area (TPSA) is 178 Å².